The molecule has 0 unspecified atom stereocenters. The van der Waals surface area contributed by atoms with Crippen LogP contribution >= 0.6 is 10.5 Å². The van der Waals surface area contributed by atoms with Crippen molar-refractivity contribution in [2.75, 3.05) is 0 Å². The van der Waals surface area contributed by atoms with Crippen molar-refractivity contribution >= 4 is 10.5 Å². The van der Waals surface area contributed by atoms with Crippen LogP contribution in [-0.4, -0.2) is 0 Å². The zero-order chi connectivity index (χ0) is 8.23. The number of rotatable bonds is 2. The van der Waals surface area contributed by atoms with Crippen LogP contribution in [0.5, 0.6) is 0 Å². The Morgan fingerprint density at radius 1 is 0.846 bits per heavy atom. The van der Waals surface area contributed by atoms with E-state index in [2.05, 4.69) is 53.2 Å². The second-order valence-corrected chi connectivity index (χ2v) is 4.53. The molecule has 2 aromatic rings. The van der Waals surface area contributed by atoms with Gasteiger partial charge >= 0.3 is 0 Å². The molecular weight excluding hydrogens is 244 g/mol. The maximum absolute atomic E-state index is 2.27. The molecule has 0 aliphatic carbocycles. The Balaban J connectivity index is 0.000000845. The first-order valence-electron chi connectivity index (χ1n) is 4.02. The van der Waals surface area contributed by atoms with Crippen LogP contribution in [0.25, 0.3) is 0 Å². The molecule has 2 rings (SSSR count). The zero-order valence-corrected chi connectivity index (χ0v) is 9.59. The third-order valence-corrected chi connectivity index (χ3v) is 3.47. The van der Waals surface area contributed by atoms with Gasteiger partial charge < -0.3 is 17.0 Å². The molecule has 0 atom stereocenters. The van der Waals surface area contributed by atoms with E-state index in [0.29, 0.717) is 10.5 Å². The highest BCUT2D eigenvalue weighted by Crippen LogP contribution is 2.21. The summed E-state index contributed by atoms with van der Waals surface area (Å²) in [6, 6.07) is 14.9. The topological polar surface area (TPSA) is 0 Å². The van der Waals surface area contributed by atoms with E-state index in [1.165, 1.54) is 5.56 Å². The number of halogens is 1. The standard InChI is InChI=1S/C11H11S.BrH/c1-2-6-11(7-3-1)10-12-8-4-5-9-12;/h1-9H,10H2;1H/q+1;/p-1. The van der Waals surface area contributed by atoms with Crippen molar-refractivity contribution in [1.82, 2.24) is 0 Å². The molecule has 68 valence electrons. The van der Waals surface area contributed by atoms with Gasteiger partial charge in [0.25, 0.3) is 0 Å². The maximum atomic E-state index is 2.27. The van der Waals surface area contributed by atoms with Crippen LogP contribution in [0.3, 0.4) is 0 Å². The van der Waals surface area contributed by atoms with Crippen LogP contribution in [0.2, 0.25) is 0 Å². The van der Waals surface area contributed by atoms with E-state index in [1.54, 1.807) is 0 Å². The number of hydrogen-bond acceptors (Lipinski definition) is 0. The first kappa shape index (κ1) is 10.5. The van der Waals surface area contributed by atoms with E-state index < -0.39 is 0 Å². The van der Waals surface area contributed by atoms with Crippen molar-refractivity contribution in [2.45, 2.75) is 5.75 Å². The normalized spacial score (nSPS) is 9.23. The fourth-order valence-electron chi connectivity index (χ4n) is 1.20. The Morgan fingerprint density at radius 2 is 1.46 bits per heavy atom. The molecule has 0 aliphatic heterocycles. The van der Waals surface area contributed by atoms with Crippen LogP contribution in [0.4, 0.5) is 0 Å². The summed E-state index contributed by atoms with van der Waals surface area (Å²) in [6.45, 7) is 0. The molecule has 1 aromatic carbocycles. The fourth-order valence-corrected chi connectivity index (χ4v) is 2.65. The van der Waals surface area contributed by atoms with E-state index in [1.807, 2.05) is 0 Å². The minimum Gasteiger partial charge on any atom is -1.00 e. The van der Waals surface area contributed by atoms with Crippen molar-refractivity contribution in [3.05, 3.63) is 58.8 Å². The summed E-state index contributed by atoms with van der Waals surface area (Å²) in [6.07, 6.45) is 0. The van der Waals surface area contributed by atoms with E-state index in [0.717, 1.165) is 5.75 Å². The summed E-state index contributed by atoms with van der Waals surface area (Å²) in [5.41, 5.74) is 1.43. The molecule has 0 saturated heterocycles. The average molecular weight is 255 g/mol. The highest BCUT2D eigenvalue weighted by molar-refractivity contribution is 7.27. The molecule has 0 radical (unpaired) electrons. The van der Waals surface area contributed by atoms with Gasteiger partial charge in [0, 0.05) is 5.56 Å². The molecule has 0 bridgehead atoms. The lowest BCUT2D eigenvalue weighted by Gasteiger charge is -1.90. The van der Waals surface area contributed by atoms with Gasteiger partial charge in [-0.25, -0.2) is 0 Å². The average Bonchev–Trinajstić information content (AvgIpc) is 2.59. The highest BCUT2D eigenvalue weighted by Gasteiger charge is 2.01. The molecule has 0 amide bonds. The highest BCUT2D eigenvalue weighted by atomic mass is 79.9. The van der Waals surface area contributed by atoms with E-state index in [-0.39, 0.29) is 17.0 Å². The molecule has 0 fully saturated rings. The summed E-state index contributed by atoms with van der Waals surface area (Å²) in [7, 11) is 0.361. The summed E-state index contributed by atoms with van der Waals surface area (Å²) in [4.78, 5) is 0. The number of benzene rings is 1. The zero-order valence-electron chi connectivity index (χ0n) is 7.19. The molecule has 2 heteroatoms. The van der Waals surface area contributed by atoms with Crippen LogP contribution in [-0.2, 0) is 5.75 Å². The minimum atomic E-state index is 0. The lowest BCUT2D eigenvalue weighted by atomic mass is 10.2. The molecule has 13 heavy (non-hydrogen) atoms. The van der Waals surface area contributed by atoms with E-state index in [9.17, 15) is 0 Å². The maximum Gasteiger partial charge on any atom is 0.152 e. The van der Waals surface area contributed by atoms with Crippen molar-refractivity contribution in [3.8, 4) is 0 Å². The summed E-state index contributed by atoms with van der Waals surface area (Å²) in [5, 5.41) is 4.54. The molecule has 0 saturated carbocycles. The second-order valence-electron chi connectivity index (χ2n) is 2.76. The third kappa shape index (κ3) is 2.98. The molecule has 0 spiro atoms. The second kappa shape index (κ2) is 5.20. The van der Waals surface area contributed by atoms with Crippen LogP contribution < -0.4 is 17.0 Å². The van der Waals surface area contributed by atoms with Crippen LogP contribution in [0.1, 0.15) is 5.56 Å². The SMILES string of the molecule is [Br-].c1ccc(C[s+]2cccc2)cc1. The van der Waals surface area contributed by atoms with Crippen molar-refractivity contribution in [2.24, 2.45) is 0 Å². The van der Waals surface area contributed by atoms with Gasteiger partial charge in [-0.15, -0.1) is 0 Å². The summed E-state index contributed by atoms with van der Waals surface area (Å²) in [5.74, 6) is 1.16. The van der Waals surface area contributed by atoms with Crippen LogP contribution in [0.15, 0.2) is 53.2 Å². The predicted octanol–water partition coefficient (Wildman–Crippen LogP) is 0.488. The molecule has 1 heterocycles. The Bertz CT molecular complexity index is 326. The lowest BCUT2D eigenvalue weighted by Crippen LogP contribution is -3.00. The van der Waals surface area contributed by atoms with Crippen molar-refractivity contribution < 1.29 is 17.0 Å². The first-order valence-corrected chi connectivity index (χ1v) is 5.54. The van der Waals surface area contributed by atoms with Gasteiger partial charge in [0.1, 0.15) is 10.8 Å². The molecule has 0 nitrogen and oxygen atoms in total. The van der Waals surface area contributed by atoms with Gasteiger partial charge in [0.15, 0.2) is 5.75 Å². The summed E-state index contributed by atoms with van der Waals surface area (Å²) >= 11 is 0. The van der Waals surface area contributed by atoms with Crippen molar-refractivity contribution in [3.63, 3.8) is 0 Å². The quantitative estimate of drug-likeness (QED) is 0.685. The van der Waals surface area contributed by atoms with Gasteiger partial charge in [0.2, 0.25) is 0 Å². The lowest BCUT2D eigenvalue weighted by molar-refractivity contribution is -0.00000239. The first-order chi connectivity index (χ1) is 5.95. The van der Waals surface area contributed by atoms with E-state index in [4.69, 9.17) is 0 Å². The minimum absolute atomic E-state index is 0. The predicted molar refractivity (Wildman–Crippen MR) is 54.5 cm³/mol. The Hall–Kier alpha value is -0.600. The Labute approximate surface area is 92.0 Å². The molecule has 0 N–H and O–H groups in total. The molecule has 1 aromatic heterocycles. The Morgan fingerprint density at radius 3 is 2.08 bits per heavy atom. The fraction of sp³-hybridized carbons (Fsp3) is 0.0909. The van der Waals surface area contributed by atoms with Crippen molar-refractivity contribution in [1.29, 1.82) is 0 Å². The monoisotopic (exact) mass is 254 g/mol. The molecular formula is C11H11BrS. The number of thiophene rings is 1. The van der Waals surface area contributed by atoms with Crippen LogP contribution in [0, 0.1) is 0 Å². The smallest absolute Gasteiger partial charge is 0.152 e. The molecule has 0 aliphatic rings. The van der Waals surface area contributed by atoms with E-state index >= 15 is 0 Å². The van der Waals surface area contributed by atoms with Gasteiger partial charge in [-0.1, -0.05) is 30.3 Å². The summed E-state index contributed by atoms with van der Waals surface area (Å²) < 4.78 is 0. The van der Waals surface area contributed by atoms with Gasteiger partial charge in [0.05, 0.1) is 0 Å². The number of hydrogen-bond donors (Lipinski definition) is 0. The largest absolute Gasteiger partial charge is 1.00 e. The van der Waals surface area contributed by atoms with Gasteiger partial charge in [-0.05, 0) is 22.6 Å². The third-order valence-electron chi connectivity index (χ3n) is 1.79. The van der Waals surface area contributed by atoms with Gasteiger partial charge in [-0.3, -0.25) is 0 Å². The van der Waals surface area contributed by atoms with Gasteiger partial charge in [-0.2, -0.15) is 0 Å². The Kier molecular flexibility index (Phi) is 4.19.